The first-order valence-electron chi connectivity index (χ1n) is 10.7. The van der Waals surface area contributed by atoms with Crippen LogP contribution in [-0.4, -0.2) is 62.2 Å². The van der Waals surface area contributed by atoms with Crippen LogP contribution in [0.4, 0.5) is 5.69 Å². The van der Waals surface area contributed by atoms with E-state index in [1.807, 2.05) is 14.1 Å². The number of benzene rings is 2. The van der Waals surface area contributed by atoms with E-state index in [1.165, 1.54) is 11.1 Å². The molecule has 1 atom stereocenters. The van der Waals surface area contributed by atoms with Gasteiger partial charge in [-0.1, -0.05) is 36.4 Å². The summed E-state index contributed by atoms with van der Waals surface area (Å²) in [4.78, 5) is 28.7. The van der Waals surface area contributed by atoms with Crippen LogP contribution in [0.15, 0.2) is 48.5 Å². The van der Waals surface area contributed by atoms with Crippen molar-refractivity contribution in [3.05, 3.63) is 65.2 Å². The lowest BCUT2D eigenvalue weighted by Crippen LogP contribution is -2.45. The molecule has 1 heterocycles. The first-order chi connectivity index (χ1) is 15.0. The third kappa shape index (κ3) is 6.06. The number of aliphatic hydroxyl groups excluding tert-OH is 1. The number of anilines is 1. The van der Waals surface area contributed by atoms with E-state index in [2.05, 4.69) is 69.0 Å². The van der Waals surface area contributed by atoms with Gasteiger partial charge >= 0.3 is 11.8 Å². The van der Waals surface area contributed by atoms with Gasteiger partial charge in [-0.2, -0.15) is 0 Å². The number of fused-ring (bicyclic) bond motifs is 1. The minimum atomic E-state index is -0.667. The van der Waals surface area contributed by atoms with Gasteiger partial charge in [0.1, 0.15) is 0 Å². The number of nitrogens with one attached hydrogen (secondary N) is 2. The Morgan fingerprint density at radius 2 is 1.71 bits per heavy atom. The maximum Gasteiger partial charge on any atom is 0.309 e. The van der Waals surface area contributed by atoms with Gasteiger partial charge in [0.2, 0.25) is 0 Å². The highest BCUT2D eigenvalue weighted by Gasteiger charge is 2.26. The molecule has 2 amide bonds. The van der Waals surface area contributed by atoms with E-state index in [-0.39, 0.29) is 19.2 Å². The zero-order chi connectivity index (χ0) is 22.2. The summed E-state index contributed by atoms with van der Waals surface area (Å²) in [6, 6.07) is 16.7. The summed E-state index contributed by atoms with van der Waals surface area (Å²) in [7, 11) is 4.01. The number of hydrogen-bond acceptors (Lipinski definition) is 5. The first kappa shape index (κ1) is 22.8. The van der Waals surface area contributed by atoms with Crippen molar-refractivity contribution in [1.82, 2.24) is 15.5 Å². The van der Waals surface area contributed by atoms with Crippen molar-refractivity contribution in [1.29, 1.82) is 0 Å². The van der Waals surface area contributed by atoms with Gasteiger partial charge in [-0.15, -0.1) is 0 Å². The third-order valence-corrected chi connectivity index (χ3v) is 5.68. The highest BCUT2D eigenvalue weighted by Crippen LogP contribution is 2.28. The molecule has 0 radical (unpaired) electrons. The van der Waals surface area contributed by atoms with Crippen LogP contribution in [0.3, 0.4) is 0 Å². The molecule has 0 bridgehead atoms. The van der Waals surface area contributed by atoms with E-state index < -0.39 is 11.8 Å². The van der Waals surface area contributed by atoms with Gasteiger partial charge in [0.05, 0.1) is 6.04 Å². The fourth-order valence-corrected chi connectivity index (χ4v) is 3.87. The van der Waals surface area contributed by atoms with Crippen molar-refractivity contribution >= 4 is 17.5 Å². The van der Waals surface area contributed by atoms with Crippen LogP contribution >= 0.6 is 0 Å². The Hall–Kier alpha value is -2.90. The molecule has 1 aliphatic heterocycles. The highest BCUT2D eigenvalue weighted by molar-refractivity contribution is 6.35. The van der Waals surface area contributed by atoms with Crippen LogP contribution in [0.25, 0.3) is 0 Å². The lowest BCUT2D eigenvalue weighted by atomic mass is 9.96. The molecule has 1 unspecified atom stereocenters. The number of nitrogens with zero attached hydrogens (tertiary/aromatic N) is 2. The van der Waals surface area contributed by atoms with Crippen LogP contribution in [0.5, 0.6) is 0 Å². The van der Waals surface area contributed by atoms with E-state index in [4.69, 9.17) is 5.11 Å². The zero-order valence-electron chi connectivity index (χ0n) is 18.3. The lowest BCUT2D eigenvalue weighted by molar-refractivity contribution is -0.139. The average molecular weight is 425 g/mol. The molecule has 3 rings (SSSR count). The Kier molecular flexibility index (Phi) is 8.03. The van der Waals surface area contributed by atoms with Crippen molar-refractivity contribution in [2.45, 2.75) is 25.4 Å². The molecule has 3 N–H and O–H groups in total. The molecule has 0 saturated heterocycles. The van der Waals surface area contributed by atoms with Crippen molar-refractivity contribution < 1.29 is 14.7 Å². The van der Waals surface area contributed by atoms with Gasteiger partial charge in [0.15, 0.2) is 0 Å². The number of carbonyl (C=O) groups is 2. The summed E-state index contributed by atoms with van der Waals surface area (Å²) in [5.74, 6) is -1.32. The van der Waals surface area contributed by atoms with Gasteiger partial charge in [0.25, 0.3) is 0 Å². The molecular weight excluding hydrogens is 392 g/mol. The molecule has 31 heavy (non-hydrogen) atoms. The topological polar surface area (TPSA) is 84.9 Å². The Labute approximate surface area is 184 Å². The summed E-state index contributed by atoms with van der Waals surface area (Å²) < 4.78 is 0. The van der Waals surface area contributed by atoms with Crippen molar-refractivity contribution in [2.24, 2.45) is 0 Å². The lowest BCUT2D eigenvalue weighted by Gasteiger charge is -2.36. The van der Waals surface area contributed by atoms with Crippen molar-refractivity contribution in [2.75, 3.05) is 45.2 Å². The molecule has 2 aromatic rings. The second-order valence-electron chi connectivity index (χ2n) is 8.03. The monoisotopic (exact) mass is 424 g/mol. The summed E-state index contributed by atoms with van der Waals surface area (Å²) in [6.45, 7) is 2.28. The predicted molar refractivity (Wildman–Crippen MR) is 122 cm³/mol. The molecule has 7 nitrogen and oxygen atoms in total. The number of amides is 2. The fourth-order valence-electron chi connectivity index (χ4n) is 3.87. The summed E-state index contributed by atoms with van der Waals surface area (Å²) in [5, 5.41) is 14.2. The first-order valence-corrected chi connectivity index (χ1v) is 10.7. The molecule has 2 aromatic carbocycles. The number of hydrogen-bond donors (Lipinski definition) is 3. The van der Waals surface area contributed by atoms with Crippen LogP contribution < -0.4 is 15.5 Å². The number of aliphatic hydroxyl groups is 1. The minimum absolute atomic E-state index is 0.0245. The van der Waals surface area contributed by atoms with E-state index in [0.717, 1.165) is 30.8 Å². The van der Waals surface area contributed by atoms with E-state index in [1.54, 1.807) is 0 Å². The predicted octanol–water partition coefficient (Wildman–Crippen LogP) is 1.47. The number of carbonyl (C=O) groups excluding carboxylic acids is 2. The quantitative estimate of drug-likeness (QED) is 0.441. The third-order valence-electron chi connectivity index (χ3n) is 5.68. The Balaban J connectivity index is 1.73. The van der Waals surface area contributed by atoms with Crippen LogP contribution in [0.1, 0.15) is 29.2 Å². The molecule has 0 spiro atoms. The van der Waals surface area contributed by atoms with Gasteiger partial charge in [0, 0.05) is 52.6 Å². The van der Waals surface area contributed by atoms with Crippen LogP contribution in [0.2, 0.25) is 0 Å². The Morgan fingerprint density at radius 3 is 2.39 bits per heavy atom. The van der Waals surface area contributed by atoms with E-state index in [0.29, 0.717) is 13.0 Å². The average Bonchev–Trinajstić information content (AvgIpc) is 2.79. The highest BCUT2D eigenvalue weighted by atomic mass is 16.3. The SMILES string of the molecule is CN(C)c1ccc(C(CNC(=O)C(=O)NCCCO)N2CCc3ccccc3C2)cc1. The van der Waals surface area contributed by atoms with Gasteiger partial charge < -0.3 is 20.6 Å². The second kappa shape index (κ2) is 10.9. The van der Waals surface area contributed by atoms with Crippen molar-refractivity contribution in [3.8, 4) is 0 Å². The maximum absolute atomic E-state index is 12.3. The van der Waals surface area contributed by atoms with Gasteiger partial charge in [-0.25, -0.2) is 0 Å². The summed E-state index contributed by atoms with van der Waals surface area (Å²) in [6.07, 6.45) is 1.38. The summed E-state index contributed by atoms with van der Waals surface area (Å²) in [5.41, 5.74) is 4.88. The molecule has 0 fully saturated rings. The van der Waals surface area contributed by atoms with E-state index >= 15 is 0 Å². The molecule has 166 valence electrons. The van der Waals surface area contributed by atoms with Crippen LogP contribution in [0, 0.1) is 0 Å². The van der Waals surface area contributed by atoms with Crippen LogP contribution in [-0.2, 0) is 22.6 Å². The second-order valence-corrected chi connectivity index (χ2v) is 8.03. The molecular formula is C24H32N4O3. The Morgan fingerprint density at radius 1 is 1.03 bits per heavy atom. The normalized spacial score (nSPS) is 14.4. The molecule has 0 aliphatic carbocycles. The largest absolute Gasteiger partial charge is 0.396 e. The van der Waals surface area contributed by atoms with E-state index in [9.17, 15) is 9.59 Å². The fraction of sp³-hybridized carbons (Fsp3) is 0.417. The molecule has 1 aliphatic rings. The maximum atomic E-state index is 12.3. The molecule has 0 saturated carbocycles. The molecule has 0 aromatic heterocycles. The van der Waals surface area contributed by atoms with Crippen molar-refractivity contribution in [3.63, 3.8) is 0 Å². The number of rotatable bonds is 8. The minimum Gasteiger partial charge on any atom is -0.396 e. The molecule has 7 heteroatoms. The Bertz CT molecular complexity index is 883. The standard InChI is InChI=1S/C24H32N4O3/c1-27(2)21-10-8-19(9-11-21)22(16-26-24(31)23(30)25-13-5-15-29)28-14-12-18-6-3-4-7-20(18)17-28/h3-4,6-11,22,29H,5,12-17H2,1-2H3,(H,25,30)(H,26,31). The van der Waals surface area contributed by atoms with Gasteiger partial charge in [-0.05, 0) is 41.7 Å². The smallest absolute Gasteiger partial charge is 0.309 e. The van der Waals surface area contributed by atoms with Gasteiger partial charge in [-0.3, -0.25) is 14.5 Å². The zero-order valence-corrected chi connectivity index (χ0v) is 18.3. The summed E-state index contributed by atoms with van der Waals surface area (Å²) >= 11 is 0.